The minimum absolute atomic E-state index is 0.0389. The van der Waals surface area contributed by atoms with Crippen molar-refractivity contribution in [2.24, 2.45) is 16.3 Å². The third-order valence-corrected chi connectivity index (χ3v) is 13.5. The predicted octanol–water partition coefficient (Wildman–Crippen LogP) is 6.16. The highest BCUT2D eigenvalue weighted by Crippen LogP contribution is 2.46. The molecule has 3 saturated heterocycles. The summed E-state index contributed by atoms with van der Waals surface area (Å²) in [6, 6.07) is 13.8. The van der Waals surface area contributed by atoms with Crippen LogP contribution in [0.5, 0.6) is 0 Å². The Kier molecular flexibility index (Phi) is 13.3. The maximum absolute atomic E-state index is 13.8. The van der Waals surface area contributed by atoms with Gasteiger partial charge in [-0.15, -0.1) is 6.58 Å². The van der Waals surface area contributed by atoms with E-state index in [0.717, 1.165) is 93.3 Å². The van der Waals surface area contributed by atoms with Crippen molar-refractivity contribution in [2.45, 2.75) is 78.3 Å². The van der Waals surface area contributed by atoms with Gasteiger partial charge in [0, 0.05) is 98.6 Å². The second kappa shape index (κ2) is 19.2. The number of aromatic nitrogens is 2. The first kappa shape index (κ1) is 44.9. The van der Waals surface area contributed by atoms with Crippen molar-refractivity contribution >= 4 is 64.6 Å². The molecule has 5 aliphatic rings. The Bertz CT molecular complexity index is 2420. The number of carbonyl (C=O) groups is 5. The molecule has 0 aliphatic carbocycles. The zero-order chi connectivity index (χ0) is 45.8. The number of nitrogens with zero attached hydrogens (tertiary/aromatic N) is 8. The quantitative estimate of drug-likeness (QED) is 0.0902. The maximum Gasteiger partial charge on any atom is 0.277 e. The lowest BCUT2D eigenvalue weighted by Crippen LogP contribution is -2.74. The molecule has 5 aliphatic heterocycles. The number of imide groups is 2. The van der Waals surface area contributed by atoms with E-state index in [0.29, 0.717) is 40.9 Å². The van der Waals surface area contributed by atoms with E-state index in [4.69, 9.17) is 9.98 Å². The van der Waals surface area contributed by atoms with E-state index in [1.54, 1.807) is 31.5 Å². The zero-order valence-electron chi connectivity index (χ0n) is 37.8. The molecule has 16 heteroatoms. The molecule has 3 fully saturated rings. The molecule has 1 spiro atoms. The fourth-order valence-corrected chi connectivity index (χ4v) is 9.98. The molecule has 0 bridgehead atoms. The molecule has 8 rings (SSSR count). The number of rotatable bonds is 15. The molecule has 0 saturated carbocycles. The topological polar surface area (TPSA) is 176 Å². The number of fused-ring (bicyclic) bond motifs is 2. The van der Waals surface area contributed by atoms with Gasteiger partial charge in [-0.2, -0.15) is 4.98 Å². The molecule has 65 heavy (non-hydrogen) atoms. The monoisotopic (exact) mass is 881 g/mol. The van der Waals surface area contributed by atoms with Gasteiger partial charge < -0.3 is 20.5 Å². The van der Waals surface area contributed by atoms with Gasteiger partial charge in [0.2, 0.25) is 18.3 Å². The van der Waals surface area contributed by atoms with Crippen molar-refractivity contribution < 1.29 is 24.0 Å². The molecule has 3 aromatic rings. The van der Waals surface area contributed by atoms with E-state index in [-0.39, 0.29) is 48.4 Å². The van der Waals surface area contributed by atoms with Crippen LogP contribution in [0.1, 0.15) is 97.3 Å². The number of carbonyl (C=O) groups excluding carboxylic acids is 5. The van der Waals surface area contributed by atoms with Crippen molar-refractivity contribution in [3.8, 4) is 0 Å². The molecule has 1 atom stereocenters. The number of allylic oxidation sites excluding steroid dienone is 3. The van der Waals surface area contributed by atoms with Crippen LogP contribution in [-0.2, 0) is 9.59 Å². The van der Waals surface area contributed by atoms with E-state index < -0.39 is 11.9 Å². The molecule has 2 aromatic carbocycles. The third-order valence-electron chi connectivity index (χ3n) is 13.5. The summed E-state index contributed by atoms with van der Waals surface area (Å²) >= 11 is 0. The number of hydrogen-bond donors (Lipinski definition) is 3. The van der Waals surface area contributed by atoms with Gasteiger partial charge in [0.1, 0.15) is 5.56 Å². The standard InChI is InChI=1S/C49H59N11O5/c1-6-23-59-45(63)39-26-50-48(55-44(39)54-43(34(7-2)8-3)32(4)11-10-22-52-59)53-35-15-17-36(18-16-35)56-24-20-37(21-25-56)57-27-49(28-57)29-58(30-49)40-13-9-12-38-42(40)47(65)60(46(38)64)33(5)14-19-41(62)51-31-61/h6,9-13,15-18,22,26,31,33-34,37,52H,1,7-8,14,19-21,23-25,27-30H2,2-5H3,(H,50,53,55)(H,51,61,62)/b22-10+,32-11-,54-43?. The fourth-order valence-electron chi connectivity index (χ4n) is 9.98. The average Bonchev–Trinajstić information content (AvgIpc) is 3.54. The first-order valence-corrected chi connectivity index (χ1v) is 22.8. The van der Waals surface area contributed by atoms with E-state index in [9.17, 15) is 24.0 Å². The second-order valence-corrected chi connectivity index (χ2v) is 17.9. The highest BCUT2D eigenvalue weighted by Gasteiger charge is 2.54. The number of benzene rings is 2. The first-order valence-electron chi connectivity index (χ1n) is 22.8. The van der Waals surface area contributed by atoms with Gasteiger partial charge in [-0.3, -0.25) is 39.1 Å². The summed E-state index contributed by atoms with van der Waals surface area (Å²) < 4.78 is 0. The van der Waals surface area contributed by atoms with E-state index in [2.05, 4.69) is 68.3 Å². The summed E-state index contributed by atoms with van der Waals surface area (Å²) in [6.45, 7) is 17.8. The van der Waals surface area contributed by atoms with Crippen molar-refractivity contribution in [1.82, 2.24) is 35.5 Å². The van der Waals surface area contributed by atoms with Crippen LogP contribution in [0.4, 0.5) is 28.8 Å². The normalized spacial score (nSPS) is 20.4. The Balaban J connectivity index is 0.854. The van der Waals surface area contributed by atoms with Gasteiger partial charge in [0.25, 0.3) is 17.7 Å². The van der Waals surface area contributed by atoms with Crippen LogP contribution in [0.2, 0.25) is 0 Å². The van der Waals surface area contributed by atoms with Gasteiger partial charge in [-0.1, -0.05) is 32.1 Å². The Morgan fingerprint density at radius 1 is 0.969 bits per heavy atom. The lowest BCUT2D eigenvalue weighted by atomic mass is 9.71. The number of amides is 5. The molecule has 6 heterocycles. The molecule has 3 N–H and O–H groups in total. The summed E-state index contributed by atoms with van der Waals surface area (Å²) in [4.78, 5) is 86.2. The molecule has 340 valence electrons. The number of hydrazine groups is 1. The van der Waals surface area contributed by atoms with Crippen molar-refractivity contribution in [2.75, 3.05) is 60.9 Å². The highest BCUT2D eigenvalue weighted by atomic mass is 16.2. The van der Waals surface area contributed by atoms with Crippen LogP contribution in [0.25, 0.3) is 0 Å². The summed E-state index contributed by atoms with van der Waals surface area (Å²) in [7, 11) is 0. The van der Waals surface area contributed by atoms with E-state index in [1.165, 1.54) is 9.91 Å². The number of hydrogen-bond acceptors (Lipinski definition) is 13. The summed E-state index contributed by atoms with van der Waals surface area (Å²) in [5.41, 5.74) is 9.07. The molecule has 16 nitrogen and oxygen atoms in total. The lowest BCUT2D eigenvalue weighted by Gasteiger charge is -2.63. The van der Waals surface area contributed by atoms with Crippen LogP contribution >= 0.6 is 0 Å². The lowest BCUT2D eigenvalue weighted by molar-refractivity contribution is -0.125. The Labute approximate surface area is 380 Å². The molecule has 1 unspecified atom stereocenters. The van der Waals surface area contributed by atoms with Gasteiger partial charge in [-0.25, -0.2) is 15.0 Å². The number of aliphatic imine (C=N–C) groups is 1. The molecule has 1 aromatic heterocycles. The third kappa shape index (κ3) is 9.17. The number of nitrogens with one attached hydrogen (secondary N) is 3. The summed E-state index contributed by atoms with van der Waals surface area (Å²) in [5.74, 6) is -0.550. The Morgan fingerprint density at radius 3 is 2.40 bits per heavy atom. The van der Waals surface area contributed by atoms with Gasteiger partial charge in [0.15, 0.2) is 5.82 Å². The van der Waals surface area contributed by atoms with Crippen molar-refractivity contribution in [3.05, 3.63) is 102 Å². The highest BCUT2D eigenvalue weighted by molar-refractivity contribution is 6.24. The molecular weight excluding hydrogens is 823 g/mol. The minimum Gasteiger partial charge on any atom is -0.371 e. The largest absolute Gasteiger partial charge is 0.371 e. The molecule has 0 radical (unpaired) electrons. The number of piperidine rings is 1. The van der Waals surface area contributed by atoms with E-state index in [1.807, 2.05) is 43.3 Å². The number of likely N-dealkylation sites (tertiary alicyclic amines) is 1. The minimum atomic E-state index is -0.485. The van der Waals surface area contributed by atoms with Crippen LogP contribution in [0.3, 0.4) is 0 Å². The summed E-state index contributed by atoms with van der Waals surface area (Å²) in [6.07, 6.45) is 13.4. The fraction of sp³-hybridized carbons (Fsp3) is 0.429. The van der Waals surface area contributed by atoms with Crippen molar-refractivity contribution in [3.63, 3.8) is 0 Å². The van der Waals surface area contributed by atoms with Gasteiger partial charge >= 0.3 is 0 Å². The Hall–Kier alpha value is -6.68. The first-order chi connectivity index (χ1) is 31.5. The van der Waals surface area contributed by atoms with Crippen LogP contribution in [0.15, 0.2) is 90.2 Å². The predicted molar refractivity (Wildman–Crippen MR) is 251 cm³/mol. The maximum atomic E-state index is 13.8. The smallest absolute Gasteiger partial charge is 0.277 e. The average molecular weight is 882 g/mol. The van der Waals surface area contributed by atoms with Crippen LogP contribution < -0.4 is 25.9 Å². The SMILES string of the molecule is C=CCN1N/C=C/C=C(/C)C(C(CC)CC)=Nc2nc(Nc3ccc(N4CCC(N5CC6(CN(c7cccc8c7C(=O)N(C(C)CCC(=O)NC=O)C8=O)C6)C5)CC4)cc3)ncc2C1=O. The Morgan fingerprint density at radius 2 is 1.71 bits per heavy atom. The second-order valence-electron chi connectivity index (χ2n) is 17.9. The van der Waals surface area contributed by atoms with Crippen LogP contribution in [0, 0.1) is 11.3 Å². The molecule has 5 amide bonds. The molecular formula is C49H59N11O5. The zero-order valence-corrected chi connectivity index (χ0v) is 37.8. The van der Waals surface area contributed by atoms with Gasteiger partial charge in [-0.05, 0) is 94.0 Å². The van der Waals surface area contributed by atoms with E-state index >= 15 is 0 Å². The van der Waals surface area contributed by atoms with Crippen LogP contribution in [-0.4, -0.2) is 118 Å². The summed E-state index contributed by atoms with van der Waals surface area (Å²) in [5, 5.41) is 6.91. The van der Waals surface area contributed by atoms with Gasteiger partial charge in [0.05, 0.1) is 23.4 Å². The van der Waals surface area contributed by atoms with Crippen molar-refractivity contribution in [1.29, 1.82) is 0 Å². The number of anilines is 4.